The summed E-state index contributed by atoms with van der Waals surface area (Å²) in [7, 11) is 1.54. The van der Waals surface area contributed by atoms with Gasteiger partial charge in [-0.2, -0.15) is 0 Å². The van der Waals surface area contributed by atoms with Crippen LogP contribution in [0.3, 0.4) is 0 Å². The van der Waals surface area contributed by atoms with Crippen LogP contribution in [-0.4, -0.2) is 45.7 Å². The first-order valence-electron chi connectivity index (χ1n) is 6.40. The van der Waals surface area contributed by atoms with Gasteiger partial charge in [-0.25, -0.2) is 14.2 Å². The van der Waals surface area contributed by atoms with Crippen molar-refractivity contribution in [2.24, 2.45) is 4.99 Å². The zero-order valence-corrected chi connectivity index (χ0v) is 13.7. The first-order valence-corrected chi connectivity index (χ1v) is 7.57. The van der Waals surface area contributed by atoms with Crippen molar-refractivity contribution in [3.8, 4) is 0 Å². The Morgan fingerprint density at radius 2 is 2.18 bits per heavy atom. The van der Waals surface area contributed by atoms with Crippen LogP contribution >= 0.6 is 27.5 Å². The number of carbonyl (C=O) groups is 2. The number of nitrogens with one attached hydrogen (secondary N) is 1. The van der Waals surface area contributed by atoms with E-state index in [1.165, 1.54) is 17.0 Å². The van der Waals surface area contributed by atoms with Crippen molar-refractivity contribution < 1.29 is 14.0 Å². The number of hydrogen-bond donors (Lipinski definition) is 1. The van der Waals surface area contributed by atoms with Crippen LogP contribution in [0.4, 0.5) is 9.18 Å². The Hall–Kier alpha value is -1.67. The van der Waals surface area contributed by atoms with E-state index in [9.17, 15) is 14.0 Å². The first kappa shape index (κ1) is 15.2. The van der Waals surface area contributed by atoms with Crippen LogP contribution in [0.15, 0.2) is 23.2 Å². The second-order valence-electron chi connectivity index (χ2n) is 4.99. The second kappa shape index (κ2) is 5.51. The average Bonchev–Trinajstić information content (AvgIpc) is 2.78. The first-order chi connectivity index (χ1) is 10.4. The molecule has 2 heterocycles. The van der Waals surface area contributed by atoms with E-state index in [-0.39, 0.29) is 17.1 Å². The lowest BCUT2D eigenvalue weighted by Gasteiger charge is -2.36. The molecule has 9 heteroatoms. The summed E-state index contributed by atoms with van der Waals surface area (Å²) < 4.78 is 14.3. The van der Waals surface area contributed by atoms with Crippen LogP contribution < -0.4 is 5.32 Å². The van der Waals surface area contributed by atoms with E-state index >= 15 is 0 Å². The number of rotatable bonds is 2. The summed E-state index contributed by atoms with van der Waals surface area (Å²) in [6, 6.07) is 3.15. The molecule has 1 saturated heterocycles. The molecule has 6 nitrogen and oxygen atoms in total. The Bertz CT molecular complexity index is 678. The van der Waals surface area contributed by atoms with Crippen molar-refractivity contribution in [1.82, 2.24) is 15.1 Å². The zero-order valence-electron chi connectivity index (χ0n) is 11.4. The van der Waals surface area contributed by atoms with Gasteiger partial charge in [0, 0.05) is 17.6 Å². The van der Waals surface area contributed by atoms with Crippen LogP contribution in [-0.2, 0) is 11.3 Å². The number of amides is 3. The van der Waals surface area contributed by atoms with E-state index in [0.717, 1.165) is 0 Å². The van der Waals surface area contributed by atoms with Gasteiger partial charge in [0.15, 0.2) is 17.0 Å². The summed E-state index contributed by atoms with van der Waals surface area (Å²) in [5.74, 6) is -0.935. The lowest BCUT2D eigenvalue weighted by atomic mass is 10.1. The molecule has 0 radical (unpaired) electrons. The maximum absolute atomic E-state index is 14.0. The molecule has 0 aromatic heterocycles. The second-order valence-corrected chi connectivity index (χ2v) is 6.11. The fourth-order valence-corrected chi connectivity index (χ4v) is 3.29. The highest BCUT2D eigenvalue weighted by Crippen LogP contribution is 2.30. The quantitative estimate of drug-likeness (QED) is 0.786. The largest absolute Gasteiger partial charge is 0.331 e. The maximum atomic E-state index is 14.0. The number of benzene rings is 1. The van der Waals surface area contributed by atoms with Crippen molar-refractivity contribution in [1.29, 1.82) is 0 Å². The minimum Gasteiger partial charge on any atom is -0.331 e. The van der Waals surface area contributed by atoms with E-state index in [4.69, 9.17) is 11.6 Å². The minimum atomic E-state index is -0.729. The van der Waals surface area contributed by atoms with E-state index in [0.29, 0.717) is 4.74 Å². The number of aliphatic imine (C=N–C) groups is 1. The van der Waals surface area contributed by atoms with Crippen molar-refractivity contribution >= 4 is 44.2 Å². The molecule has 0 bridgehead atoms. The summed E-state index contributed by atoms with van der Waals surface area (Å²) in [6.45, 7) is 0.0617. The fourth-order valence-electron chi connectivity index (χ4n) is 2.51. The third-order valence-corrected chi connectivity index (χ3v) is 4.71. The topological polar surface area (TPSA) is 65.0 Å². The molecule has 116 valence electrons. The summed E-state index contributed by atoms with van der Waals surface area (Å²) in [5, 5.41) is 2.52. The standard InChI is InChI=1S/C13H11BrClFN4O2/c1-19-10-9(11(21)18-13(19)22)20(12(14)17-10)5-6-7(15)3-2-4-8(6)16/h2-4,9-10H,5H2,1H3,(H,18,21,22). The van der Waals surface area contributed by atoms with Gasteiger partial charge in [0.05, 0.1) is 6.54 Å². The molecule has 1 aromatic carbocycles. The molecule has 0 aliphatic carbocycles. The molecule has 2 aliphatic rings. The van der Waals surface area contributed by atoms with E-state index < -0.39 is 30.0 Å². The predicted molar refractivity (Wildman–Crippen MR) is 82.2 cm³/mol. The Kier molecular flexibility index (Phi) is 3.82. The lowest BCUT2D eigenvalue weighted by molar-refractivity contribution is -0.127. The normalized spacial score (nSPS) is 24.3. The van der Waals surface area contributed by atoms with Crippen molar-refractivity contribution in [2.45, 2.75) is 18.8 Å². The Balaban J connectivity index is 1.93. The molecule has 22 heavy (non-hydrogen) atoms. The van der Waals surface area contributed by atoms with Gasteiger partial charge in [0.2, 0.25) is 0 Å². The van der Waals surface area contributed by atoms with Gasteiger partial charge in [-0.3, -0.25) is 10.1 Å². The number of imide groups is 1. The molecule has 2 unspecified atom stereocenters. The van der Waals surface area contributed by atoms with Crippen molar-refractivity contribution in [3.63, 3.8) is 0 Å². The van der Waals surface area contributed by atoms with Gasteiger partial charge in [0.25, 0.3) is 5.91 Å². The number of amidine groups is 1. The minimum absolute atomic E-state index is 0.0617. The number of halogens is 3. The number of nitrogens with zero attached hydrogens (tertiary/aromatic N) is 3. The number of urea groups is 1. The monoisotopic (exact) mass is 388 g/mol. The molecular weight excluding hydrogens is 379 g/mol. The van der Waals surface area contributed by atoms with Crippen LogP contribution in [0, 0.1) is 5.82 Å². The van der Waals surface area contributed by atoms with Crippen LogP contribution in [0.2, 0.25) is 5.02 Å². The van der Waals surface area contributed by atoms with Gasteiger partial charge in [0.1, 0.15) is 5.82 Å². The number of likely N-dealkylation sites (N-methyl/N-ethyl adjacent to an activating group) is 1. The van der Waals surface area contributed by atoms with E-state index in [1.54, 1.807) is 18.0 Å². The molecular formula is C13H11BrClFN4O2. The number of fused-ring (bicyclic) bond motifs is 1. The molecule has 2 atom stereocenters. The Morgan fingerprint density at radius 1 is 1.45 bits per heavy atom. The Labute approximate surface area is 139 Å². The van der Waals surface area contributed by atoms with Crippen molar-refractivity contribution in [2.75, 3.05) is 7.05 Å². The molecule has 1 aromatic rings. The highest BCUT2D eigenvalue weighted by molar-refractivity contribution is 9.18. The highest BCUT2D eigenvalue weighted by atomic mass is 79.9. The summed E-state index contributed by atoms with van der Waals surface area (Å²) in [6.07, 6.45) is -0.652. The molecule has 1 fully saturated rings. The summed E-state index contributed by atoms with van der Waals surface area (Å²) in [4.78, 5) is 30.9. The maximum Gasteiger partial charge on any atom is 0.325 e. The van der Waals surface area contributed by atoms with E-state index in [2.05, 4.69) is 26.2 Å². The van der Waals surface area contributed by atoms with Crippen molar-refractivity contribution in [3.05, 3.63) is 34.6 Å². The van der Waals surface area contributed by atoms with Gasteiger partial charge in [-0.1, -0.05) is 17.7 Å². The van der Waals surface area contributed by atoms with Crippen LogP contribution in [0.5, 0.6) is 0 Å². The van der Waals surface area contributed by atoms with E-state index in [1.807, 2.05) is 0 Å². The summed E-state index contributed by atoms with van der Waals surface area (Å²) >= 11 is 9.30. The molecule has 2 aliphatic heterocycles. The predicted octanol–water partition coefficient (Wildman–Crippen LogP) is 1.92. The van der Waals surface area contributed by atoms with Gasteiger partial charge >= 0.3 is 6.03 Å². The van der Waals surface area contributed by atoms with Gasteiger partial charge in [-0.05, 0) is 28.1 Å². The van der Waals surface area contributed by atoms with Crippen LogP contribution in [0.1, 0.15) is 5.56 Å². The molecule has 0 spiro atoms. The summed E-state index contributed by atoms with van der Waals surface area (Å²) in [5.41, 5.74) is 0.268. The SMILES string of the molecule is CN1C(=O)NC(=O)C2C1N=C(Br)N2Cc1c(F)cccc1Cl. The highest BCUT2D eigenvalue weighted by Gasteiger charge is 2.48. The van der Waals surface area contributed by atoms with Gasteiger partial charge in [-0.15, -0.1) is 0 Å². The van der Waals surface area contributed by atoms with Gasteiger partial charge < -0.3 is 9.80 Å². The third-order valence-electron chi connectivity index (χ3n) is 3.70. The average molecular weight is 390 g/mol. The Morgan fingerprint density at radius 3 is 2.86 bits per heavy atom. The number of carbonyl (C=O) groups excluding carboxylic acids is 2. The molecule has 0 saturated carbocycles. The molecule has 3 amide bonds. The smallest absolute Gasteiger partial charge is 0.325 e. The molecule has 3 rings (SSSR count). The fraction of sp³-hybridized carbons (Fsp3) is 0.308. The number of hydrogen-bond acceptors (Lipinski definition) is 4. The third kappa shape index (κ3) is 2.36. The van der Waals surface area contributed by atoms with Crippen LogP contribution in [0.25, 0.3) is 0 Å². The zero-order chi connectivity index (χ0) is 16.0. The molecule has 1 N–H and O–H groups in total. The lowest BCUT2D eigenvalue weighted by Crippen LogP contribution is -2.63.